The van der Waals surface area contributed by atoms with Gasteiger partial charge in [-0.2, -0.15) is 0 Å². The standard InChI is InChI=1S/C14H28N4O2/c1-12(5-6-15)3-4-14(20)18-9-7-17(8-10-18)11-13(19)16-2/h12H,3-11,15H2,1-2H3,(H,16,19). The Morgan fingerprint density at radius 2 is 1.85 bits per heavy atom. The third-order valence-electron chi connectivity index (χ3n) is 3.88. The molecule has 0 radical (unpaired) electrons. The maximum Gasteiger partial charge on any atom is 0.233 e. The number of nitrogens with one attached hydrogen (secondary N) is 1. The minimum absolute atomic E-state index is 0.0281. The molecule has 1 unspecified atom stereocenters. The highest BCUT2D eigenvalue weighted by Crippen LogP contribution is 2.12. The van der Waals surface area contributed by atoms with Gasteiger partial charge in [0.05, 0.1) is 6.54 Å². The van der Waals surface area contributed by atoms with Crippen LogP contribution in [0.4, 0.5) is 0 Å². The fraction of sp³-hybridized carbons (Fsp3) is 0.857. The largest absolute Gasteiger partial charge is 0.358 e. The van der Waals surface area contributed by atoms with Gasteiger partial charge in [0.2, 0.25) is 11.8 Å². The van der Waals surface area contributed by atoms with E-state index in [1.54, 1.807) is 7.05 Å². The summed E-state index contributed by atoms with van der Waals surface area (Å²) in [6.07, 6.45) is 2.50. The second-order valence-corrected chi connectivity index (χ2v) is 5.55. The summed E-state index contributed by atoms with van der Waals surface area (Å²) >= 11 is 0. The Kier molecular flexibility index (Phi) is 7.54. The van der Waals surface area contributed by atoms with Crippen LogP contribution in [0.25, 0.3) is 0 Å². The SMILES string of the molecule is CNC(=O)CN1CCN(C(=O)CCC(C)CCN)CC1. The molecule has 1 aliphatic heterocycles. The van der Waals surface area contributed by atoms with Crippen LogP contribution < -0.4 is 11.1 Å². The summed E-state index contributed by atoms with van der Waals surface area (Å²) in [6, 6.07) is 0. The number of rotatable bonds is 7. The molecule has 1 aliphatic rings. The average Bonchev–Trinajstić information content (AvgIpc) is 2.45. The average molecular weight is 284 g/mol. The van der Waals surface area contributed by atoms with E-state index in [0.29, 0.717) is 25.4 Å². The highest BCUT2D eigenvalue weighted by atomic mass is 16.2. The molecule has 3 N–H and O–H groups in total. The molecule has 2 amide bonds. The second kappa shape index (κ2) is 8.92. The number of nitrogens with zero attached hydrogens (tertiary/aromatic N) is 2. The molecular weight excluding hydrogens is 256 g/mol. The Labute approximate surface area is 121 Å². The molecule has 6 nitrogen and oxygen atoms in total. The van der Waals surface area contributed by atoms with Crippen molar-refractivity contribution in [3.05, 3.63) is 0 Å². The van der Waals surface area contributed by atoms with Gasteiger partial charge in [0.25, 0.3) is 0 Å². The molecule has 1 saturated heterocycles. The summed E-state index contributed by atoms with van der Waals surface area (Å²) in [4.78, 5) is 27.4. The molecule has 1 atom stereocenters. The number of piperazine rings is 1. The van der Waals surface area contributed by atoms with Gasteiger partial charge in [-0.25, -0.2) is 0 Å². The van der Waals surface area contributed by atoms with Crippen molar-refractivity contribution >= 4 is 11.8 Å². The number of amides is 2. The van der Waals surface area contributed by atoms with Crippen LogP contribution in [0.15, 0.2) is 0 Å². The van der Waals surface area contributed by atoms with Crippen LogP contribution in [0, 0.1) is 5.92 Å². The summed E-state index contributed by atoms with van der Waals surface area (Å²) in [5, 5.41) is 2.62. The molecule has 6 heteroatoms. The molecule has 116 valence electrons. The Balaban J connectivity index is 2.23. The van der Waals surface area contributed by atoms with E-state index in [1.165, 1.54) is 0 Å². The first-order valence-electron chi connectivity index (χ1n) is 7.47. The number of likely N-dealkylation sites (N-methyl/N-ethyl adjacent to an activating group) is 1. The predicted molar refractivity (Wildman–Crippen MR) is 79.2 cm³/mol. The summed E-state index contributed by atoms with van der Waals surface area (Å²) in [6.45, 7) is 6.25. The minimum atomic E-state index is 0.0281. The Morgan fingerprint density at radius 3 is 2.40 bits per heavy atom. The number of carbonyl (C=O) groups excluding carboxylic acids is 2. The normalized spacial score (nSPS) is 17.9. The lowest BCUT2D eigenvalue weighted by atomic mass is 10.0. The van der Waals surface area contributed by atoms with Crippen LogP contribution in [0.2, 0.25) is 0 Å². The molecule has 0 saturated carbocycles. The lowest BCUT2D eigenvalue weighted by molar-refractivity contribution is -0.133. The van der Waals surface area contributed by atoms with Crippen LogP contribution >= 0.6 is 0 Å². The Hall–Kier alpha value is -1.14. The van der Waals surface area contributed by atoms with Crippen LogP contribution in [0.3, 0.4) is 0 Å². The molecule has 1 heterocycles. The Bertz CT molecular complexity index is 314. The van der Waals surface area contributed by atoms with Gasteiger partial charge in [-0.15, -0.1) is 0 Å². The van der Waals surface area contributed by atoms with Crippen LogP contribution in [-0.4, -0.2) is 67.9 Å². The predicted octanol–water partition coefficient (Wildman–Crippen LogP) is -0.358. The van der Waals surface area contributed by atoms with E-state index in [2.05, 4.69) is 17.1 Å². The van der Waals surface area contributed by atoms with Crippen molar-refractivity contribution in [2.45, 2.75) is 26.2 Å². The molecule has 0 bridgehead atoms. The van der Waals surface area contributed by atoms with Gasteiger partial charge in [0.1, 0.15) is 0 Å². The summed E-state index contributed by atoms with van der Waals surface area (Å²) in [5.74, 6) is 0.771. The van der Waals surface area contributed by atoms with Gasteiger partial charge in [0, 0.05) is 39.6 Å². The van der Waals surface area contributed by atoms with E-state index in [9.17, 15) is 9.59 Å². The van der Waals surface area contributed by atoms with E-state index >= 15 is 0 Å². The van der Waals surface area contributed by atoms with E-state index in [4.69, 9.17) is 5.73 Å². The van der Waals surface area contributed by atoms with Crippen LogP contribution in [0.5, 0.6) is 0 Å². The first-order chi connectivity index (χ1) is 9.56. The number of hydrogen-bond acceptors (Lipinski definition) is 4. The van der Waals surface area contributed by atoms with Gasteiger partial charge in [-0.3, -0.25) is 14.5 Å². The third kappa shape index (κ3) is 5.88. The van der Waals surface area contributed by atoms with Crippen LogP contribution in [-0.2, 0) is 9.59 Å². The van der Waals surface area contributed by atoms with Crippen molar-refractivity contribution < 1.29 is 9.59 Å². The highest BCUT2D eigenvalue weighted by molar-refractivity contribution is 5.78. The van der Waals surface area contributed by atoms with Crippen molar-refractivity contribution in [2.24, 2.45) is 11.7 Å². The van der Waals surface area contributed by atoms with Gasteiger partial charge in [-0.1, -0.05) is 6.92 Å². The molecule has 0 aromatic rings. The van der Waals surface area contributed by atoms with Crippen molar-refractivity contribution in [1.82, 2.24) is 15.1 Å². The molecule has 0 aromatic carbocycles. The monoisotopic (exact) mass is 284 g/mol. The summed E-state index contributed by atoms with van der Waals surface area (Å²) in [5.41, 5.74) is 5.51. The fourth-order valence-corrected chi connectivity index (χ4v) is 2.39. The zero-order chi connectivity index (χ0) is 15.0. The van der Waals surface area contributed by atoms with Gasteiger partial charge in [-0.05, 0) is 25.3 Å². The topological polar surface area (TPSA) is 78.7 Å². The van der Waals surface area contributed by atoms with Crippen LogP contribution in [0.1, 0.15) is 26.2 Å². The lowest BCUT2D eigenvalue weighted by Crippen LogP contribution is -2.50. The third-order valence-corrected chi connectivity index (χ3v) is 3.88. The van der Waals surface area contributed by atoms with Crippen molar-refractivity contribution in [3.8, 4) is 0 Å². The van der Waals surface area contributed by atoms with Gasteiger partial charge < -0.3 is 16.0 Å². The van der Waals surface area contributed by atoms with E-state index in [-0.39, 0.29) is 11.8 Å². The maximum absolute atomic E-state index is 12.1. The second-order valence-electron chi connectivity index (χ2n) is 5.55. The smallest absolute Gasteiger partial charge is 0.233 e. The van der Waals surface area contributed by atoms with Crippen molar-refractivity contribution in [3.63, 3.8) is 0 Å². The maximum atomic E-state index is 12.1. The Morgan fingerprint density at radius 1 is 1.20 bits per heavy atom. The summed E-state index contributed by atoms with van der Waals surface area (Å²) < 4.78 is 0. The minimum Gasteiger partial charge on any atom is -0.358 e. The van der Waals surface area contributed by atoms with E-state index in [1.807, 2.05) is 4.90 Å². The first-order valence-corrected chi connectivity index (χ1v) is 7.47. The molecule has 0 aliphatic carbocycles. The molecule has 1 fully saturated rings. The lowest BCUT2D eigenvalue weighted by Gasteiger charge is -2.34. The van der Waals surface area contributed by atoms with Gasteiger partial charge >= 0.3 is 0 Å². The zero-order valence-corrected chi connectivity index (χ0v) is 12.7. The fourth-order valence-electron chi connectivity index (χ4n) is 2.39. The molecule has 20 heavy (non-hydrogen) atoms. The molecular formula is C14H28N4O2. The molecule has 1 rings (SSSR count). The molecule has 0 aromatic heterocycles. The van der Waals surface area contributed by atoms with Gasteiger partial charge in [0.15, 0.2) is 0 Å². The van der Waals surface area contributed by atoms with Crippen molar-refractivity contribution in [2.75, 3.05) is 46.3 Å². The summed E-state index contributed by atoms with van der Waals surface area (Å²) in [7, 11) is 1.64. The first kappa shape index (κ1) is 16.9. The number of hydrogen-bond donors (Lipinski definition) is 2. The highest BCUT2D eigenvalue weighted by Gasteiger charge is 2.22. The zero-order valence-electron chi connectivity index (χ0n) is 12.7. The van der Waals surface area contributed by atoms with E-state index in [0.717, 1.165) is 39.0 Å². The quantitative estimate of drug-likeness (QED) is 0.669. The number of nitrogens with two attached hydrogens (primary N) is 1. The molecule has 0 spiro atoms. The number of carbonyl (C=O) groups is 2. The van der Waals surface area contributed by atoms with Crippen molar-refractivity contribution in [1.29, 1.82) is 0 Å². The van der Waals surface area contributed by atoms with E-state index < -0.39 is 0 Å².